The summed E-state index contributed by atoms with van der Waals surface area (Å²) >= 11 is 0. The molecule has 0 saturated carbocycles. The molecule has 0 aliphatic heterocycles. The van der Waals surface area contributed by atoms with Gasteiger partial charge in [-0.05, 0) is 16.7 Å². The van der Waals surface area contributed by atoms with Gasteiger partial charge in [0.15, 0.2) is 0 Å². The molecule has 0 aromatic heterocycles. The van der Waals surface area contributed by atoms with Crippen molar-refractivity contribution in [2.24, 2.45) is 11.3 Å². The molecular formula is C16H12. The van der Waals surface area contributed by atoms with Crippen LogP contribution in [0.25, 0.3) is 0 Å². The van der Waals surface area contributed by atoms with Crippen LogP contribution >= 0.6 is 0 Å². The molecule has 1 atom stereocenters. The molecule has 0 nitrogen and oxygen atoms in total. The summed E-state index contributed by atoms with van der Waals surface area (Å²) in [6.07, 6.45) is 24.7. The molecule has 0 fully saturated rings. The third-order valence-electron chi connectivity index (χ3n) is 3.83. The van der Waals surface area contributed by atoms with Crippen LogP contribution in [0.3, 0.4) is 0 Å². The van der Waals surface area contributed by atoms with Crippen LogP contribution in [-0.2, 0) is 0 Å². The van der Waals surface area contributed by atoms with Crippen molar-refractivity contribution in [1.29, 1.82) is 0 Å². The molecule has 0 radical (unpaired) electrons. The van der Waals surface area contributed by atoms with Crippen molar-refractivity contribution in [2.45, 2.75) is 0 Å². The van der Waals surface area contributed by atoms with Gasteiger partial charge in [-0.3, -0.25) is 0 Å². The first-order chi connectivity index (χ1) is 7.89. The third-order valence-corrected chi connectivity index (χ3v) is 3.83. The van der Waals surface area contributed by atoms with Crippen molar-refractivity contribution in [1.82, 2.24) is 0 Å². The zero-order valence-electron chi connectivity index (χ0n) is 8.93. The van der Waals surface area contributed by atoms with Crippen LogP contribution in [0.2, 0.25) is 0 Å². The standard InChI is InChI=1S/C16H12/c1-2-6-13-11-16(9-3-4-10-16)14-8-7-12(5-1)15(13)14/h1-12H. The van der Waals surface area contributed by atoms with Crippen molar-refractivity contribution >= 4 is 0 Å². The first-order valence-electron chi connectivity index (χ1n) is 5.77. The Morgan fingerprint density at radius 2 is 1.75 bits per heavy atom. The Bertz CT molecular complexity index is 559. The SMILES string of the molecule is C1=CC2=CC3(C=CC=C3)C3=C2C(C=C1)C=C3. The number of hydrogen-bond acceptors (Lipinski definition) is 0. The number of rotatable bonds is 0. The van der Waals surface area contributed by atoms with Crippen LogP contribution in [0.15, 0.2) is 83.6 Å². The van der Waals surface area contributed by atoms with Crippen LogP contribution in [0, 0.1) is 11.3 Å². The normalized spacial score (nSPS) is 30.5. The van der Waals surface area contributed by atoms with Gasteiger partial charge in [0.25, 0.3) is 0 Å². The van der Waals surface area contributed by atoms with Crippen molar-refractivity contribution in [3.05, 3.63) is 83.6 Å². The van der Waals surface area contributed by atoms with Crippen molar-refractivity contribution in [2.75, 3.05) is 0 Å². The second-order valence-electron chi connectivity index (χ2n) is 4.71. The maximum Gasteiger partial charge on any atom is 0.0511 e. The van der Waals surface area contributed by atoms with Crippen LogP contribution in [0.5, 0.6) is 0 Å². The number of allylic oxidation sites excluding steroid dienone is 14. The average Bonchev–Trinajstić information content (AvgIpc) is 2.92. The first kappa shape index (κ1) is 8.35. The molecule has 4 rings (SSSR count). The summed E-state index contributed by atoms with van der Waals surface area (Å²) in [5.41, 5.74) is 4.42. The molecule has 0 heteroatoms. The Morgan fingerprint density at radius 1 is 0.875 bits per heavy atom. The van der Waals surface area contributed by atoms with Crippen LogP contribution in [-0.4, -0.2) is 0 Å². The fourth-order valence-electron chi connectivity index (χ4n) is 3.11. The Hall–Kier alpha value is -1.82. The Kier molecular flexibility index (Phi) is 1.38. The molecular weight excluding hydrogens is 192 g/mol. The van der Waals surface area contributed by atoms with E-state index < -0.39 is 0 Å². The zero-order chi connectivity index (χ0) is 10.6. The van der Waals surface area contributed by atoms with Gasteiger partial charge in [0, 0.05) is 5.92 Å². The molecule has 4 aliphatic rings. The highest BCUT2D eigenvalue weighted by molar-refractivity contribution is 5.68. The smallest absolute Gasteiger partial charge is 0.0511 e. The van der Waals surface area contributed by atoms with E-state index in [1.165, 1.54) is 16.7 Å². The fourth-order valence-corrected chi connectivity index (χ4v) is 3.11. The molecule has 1 spiro atoms. The fraction of sp³-hybridized carbons (Fsp3) is 0.125. The summed E-state index contributed by atoms with van der Waals surface area (Å²) in [6, 6.07) is 0. The monoisotopic (exact) mass is 204 g/mol. The highest BCUT2D eigenvalue weighted by Crippen LogP contribution is 2.52. The van der Waals surface area contributed by atoms with Crippen LogP contribution < -0.4 is 0 Å². The van der Waals surface area contributed by atoms with Gasteiger partial charge in [-0.1, -0.05) is 66.8 Å². The molecule has 4 aliphatic carbocycles. The topological polar surface area (TPSA) is 0 Å². The predicted octanol–water partition coefficient (Wildman–Crippen LogP) is 3.65. The second-order valence-corrected chi connectivity index (χ2v) is 4.71. The van der Waals surface area contributed by atoms with E-state index in [9.17, 15) is 0 Å². The Balaban J connectivity index is 2.00. The largest absolute Gasteiger partial charge is 0.0732 e. The van der Waals surface area contributed by atoms with E-state index >= 15 is 0 Å². The summed E-state index contributed by atoms with van der Waals surface area (Å²) in [7, 11) is 0. The highest BCUT2D eigenvalue weighted by Gasteiger charge is 2.39. The maximum absolute atomic E-state index is 2.39. The predicted molar refractivity (Wildman–Crippen MR) is 66.7 cm³/mol. The van der Waals surface area contributed by atoms with Crippen molar-refractivity contribution in [3.63, 3.8) is 0 Å². The molecule has 1 unspecified atom stereocenters. The zero-order valence-corrected chi connectivity index (χ0v) is 8.93. The van der Waals surface area contributed by atoms with Crippen molar-refractivity contribution < 1.29 is 0 Å². The average molecular weight is 204 g/mol. The van der Waals surface area contributed by atoms with E-state index in [1.807, 2.05) is 0 Å². The van der Waals surface area contributed by atoms with Gasteiger partial charge in [0.2, 0.25) is 0 Å². The molecule has 0 aromatic rings. The lowest BCUT2D eigenvalue weighted by Crippen LogP contribution is -2.08. The van der Waals surface area contributed by atoms with Gasteiger partial charge >= 0.3 is 0 Å². The minimum atomic E-state index is 0.0609. The molecule has 0 saturated heterocycles. The Morgan fingerprint density at radius 3 is 2.62 bits per heavy atom. The molecule has 0 aromatic carbocycles. The van der Waals surface area contributed by atoms with Crippen LogP contribution in [0.1, 0.15) is 0 Å². The lowest BCUT2D eigenvalue weighted by molar-refractivity contribution is 0.803. The van der Waals surface area contributed by atoms with Gasteiger partial charge in [-0.25, -0.2) is 0 Å². The van der Waals surface area contributed by atoms with E-state index in [4.69, 9.17) is 0 Å². The lowest BCUT2D eigenvalue weighted by atomic mass is 9.84. The van der Waals surface area contributed by atoms with Gasteiger partial charge < -0.3 is 0 Å². The van der Waals surface area contributed by atoms with E-state index in [-0.39, 0.29) is 5.41 Å². The molecule has 76 valence electrons. The van der Waals surface area contributed by atoms with Gasteiger partial charge in [0.05, 0.1) is 5.41 Å². The highest BCUT2D eigenvalue weighted by atomic mass is 14.4. The number of hydrogen-bond donors (Lipinski definition) is 0. The lowest BCUT2D eigenvalue weighted by Gasteiger charge is -2.18. The number of fused-ring (bicyclic) bond motifs is 1. The van der Waals surface area contributed by atoms with Gasteiger partial charge in [-0.15, -0.1) is 0 Å². The minimum absolute atomic E-state index is 0.0609. The molecule has 0 bridgehead atoms. The first-order valence-corrected chi connectivity index (χ1v) is 5.77. The van der Waals surface area contributed by atoms with Gasteiger partial charge in [0.1, 0.15) is 0 Å². The van der Waals surface area contributed by atoms with E-state index in [1.54, 1.807) is 0 Å². The van der Waals surface area contributed by atoms with E-state index in [0.717, 1.165) is 0 Å². The summed E-state index contributed by atoms with van der Waals surface area (Å²) in [5, 5.41) is 0. The van der Waals surface area contributed by atoms with Crippen LogP contribution in [0.4, 0.5) is 0 Å². The summed E-state index contributed by atoms with van der Waals surface area (Å²) < 4.78 is 0. The minimum Gasteiger partial charge on any atom is -0.0732 e. The molecule has 0 amide bonds. The summed E-state index contributed by atoms with van der Waals surface area (Å²) in [4.78, 5) is 0. The summed E-state index contributed by atoms with van der Waals surface area (Å²) in [6.45, 7) is 0. The summed E-state index contributed by atoms with van der Waals surface area (Å²) in [5.74, 6) is 0.484. The molecule has 0 N–H and O–H groups in total. The van der Waals surface area contributed by atoms with Crippen molar-refractivity contribution in [3.8, 4) is 0 Å². The quantitative estimate of drug-likeness (QED) is 0.565. The Labute approximate surface area is 95.4 Å². The van der Waals surface area contributed by atoms with E-state index in [2.05, 4.69) is 66.8 Å². The third kappa shape index (κ3) is 0.856. The van der Waals surface area contributed by atoms with E-state index in [0.29, 0.717) is 5.92 Å². The molecule has 0 heterocycles. The van der Waals surface area contributed by atoms with Gasteiger partial charge in [-0.2, -0.15) is 0 Å². The maximum atomic E-state index is 2.39. The molecule has 16 heavy (non-hydrogen) atoms. The second kappa shape index (κ2) is 2.65.